The summed E-state index contributed by atoms with van der Waals surface area (Å²) in [7, 11) is -6.73. The van der Waals surface area contributed by atoms with Crippen LogP contribution in [0.15, 0.2) is 23.1 Å². The zero-order chi connectivity index (χ0) is 21.4. The normalized spacial score (nSPS) is 24.4. The van der Waals surface area contributed by atoms with E-state index in [0.717, 1.165) is 6.42 Å². The number of rotatable bonds is 4. The Bertz CT molecular complexity index is 1020. The van der Waals surface area contributed by atoms with Gasteiger partial charge in [0.15, 0.2) is 21.3 Å². The molecule has 0 saturated carbocycles. The lowest BCUT2D eigenvalue weighted by atomic mass is 10.0. The second kappa shape index (κ2) is 8.35. The fourth-order valence-electron chi connectivity index (χ4n) is 4.04. The highest BCUT2D eigenvalue weighted by Crippen LogP contribution is 2.33. The summed E-state index contributed by atoms with van der Waals surface area (Å²) in [6.07, 6.45) is 1.46. The van der Waals surface area contributed by atoms with E-state index >= 15 is 0 Å². The number of amides is 1. The molecule has 2 fully saturated rings. The van der Waals surface area contributed by atoms with Crippen LogP contribution in [0.2, 0.25) is 0 Å². The van der Waals surface area contributed by atoms with E-state index in [1.54, 1.807) is 11.0 Å². The molecule has 166 valence electrons. The molecule has 1 aromatic carbocycles. The third-order valence-corrected chi connectivity index (χ3v) is 9.47. The molecule has 3 aliphatic rings. The van der Waals surface area contributed by atoms with Crippen molar-refractivity contribution in [2.45, 2.75) is 24.2 Å². The number of hydrogen-bond donors (Lipinski definition) is 0. The Morgan fingerprint density at radius 3 is 2.43 bits per heavy atom. The summed E-state index contributed by atoms with van der Waals surface area (Å²) in [6, 6.07) is 4.62. The average molecular weight is 459 g/mol. The molecule has 30 heavy (non-hydrogen) atoms. The third-order valence-electron chi connectivity index (χ3n) is 5.74. The molecule has 1 amide bonds. The smallest absolute Gasteiger partial charge is 0.243 e. The quantitative estimate of drug-likeness (QED) is 0.646. The molecule has 0 radical (unpaired) electrons. The minimum atomic E-state index is -3.71. The summed E-state index contributed by atoms with van der Waals surface area (Å²) in [6.45, 7) is 1.99. The predicted molar refractivity (Wildman–Crippen MR) is 109 cm³/mol. The summed E-state index contributed by atoms with van der Waals surface area (Å²) in [4.78, 5) is 14.3. The summed E-state index contributed by atoms with van der Waals surface area (Å²) in [5.74, 6) is 0.935. The van der Waals surface area contributed by atoms with E-state index in [1.807, 2.05) is 0 Å². The lowest BCUT2D eigenvalue weighted by molar-refractivity contribution is -0.133. The maximum Gasteiger partial charge on any atom is 0.243 e. The van der Waals surface area contributed by atoms with Crippen molar-refractivity contribution >= 4 is 25.8 Å². The van der Waals surface area contributed by atoms with Crippen molar-refractivity contribution in [1.29, 1.82) is 0 Å². The Morgan fingerprint density at radius 2 is 1.77 bits per heavy atom. The number of ether oxygens (including phenoxy) is 2. The minimum Gasteiger partial charge on any atom is -0.490 e. The van der Waals surface area contributed by atoms with Crippen LogP contribution >= 0.6 is 0 Å². The van der Waals surface area contributed by atoms with Crippen LogP contribution in [0.25, 0.3) is 0 Å². The first-order valence-electron chi connectivity index (χ1n) is 10.1. The van der Waals surface area contributed by atoms with Crippen LogP contribution in [-0.2, 0) is 24.7 Å². The number of carbonyl (C=O) groups excluding carboxylic acids is 1. The van der Waals surface area contributed by atoms with Gasteiger partial charge in [-0.3, -0.25) is 4.79 Å². The number of piperazine rings is 1. The topological polar surface area (TPSA) is 110 Å². The first-order valence-corrected chi connectivity index (χ1v) is 13.4. The fraction of sp³-hybridized carbons (Fsp3) is 0.632. The Kier molecular flexibility index (Phi) is 5.95. The Labute approximate surface area is 176 Å². The molecule has 3 heterocycles. The van der Waals surface area contributed by atoms with Gasteiger partial charge in [0.25, 0.3) is 0 Å². The van der Waals surface area contributed by atoms with Crippen LogP contribution in [0.3, 0.4) is 0 Å². The molecule has 0 N–H and O–H groups in total. The minimum absolute atomic E-state index is 0.0667. The SMILES string of the molecule is O=C(C[C@H]1CCS(=O)(=O)C1)N1CCN(S(=O)(=O)c2ccc3c(c2)OCCCO3)CC1. The van der Waals surface area contributed by atoms with E-state index in [0.29, 0.717) is 44.2 Å². The molecule has 0 aliphatic carbocycles. The second-order valence-corrected chi connectivity index (χ2v) is 12.1. The van der Waals surface area contributed by atoms with Gasteiger partial charge in [0.05, 0.1) is 29.6 Å². The second-order valence-electron chi connectivity index (χ2n) is 7.92. The van der Waals surface area contributed by atoms with Gasteiger partial charge in [0, 0.05) is 45.1 Å². The van der Waals surface area contributed by atoms with Gasteiger partial charge >= 0.3 is 0 Å². The molecule has 0 bridgehead atoms. The van der Waals surface area contributed by atoms with Crippen LogP contribution in [0.4, 0.5) is 0 Å². The first kappa shape index (κ1) is 21.4. The predicted octanol–water partition coefficient (Wildman–Crippen LogP) is 0.506. The molecule has 11 heteroatoms. The number of hydrogen-bond acceptors (Lipinski definition) is 7. The number of sulfone groups is 1. The van der Waals surface area contributed by atoms with Gasteiger partial charge in [-0.15, -0.1) is 0 Å². The number of nitrogens with zero attached hydrogens (tertiary/aromatic N) is 2. The molecule has 0 aromatic heterocycles. The van der Waals surface area contributed by atoms with E-state index < -0.39 is 19.9 Å². The molecular weight excluding hydrogens is 432 g/mol. The Balaban J connectivity index is 1.37. The zero-order valence-corrected chi connectivity index (χ0v) is 18.3. The summed E-state index contributed by atoms with van der Waals surface area (Å²) < 4.78 is 61.8. The number of fused-ring (bicyclic) bond motifs is 1. The zero-order valence-electron chi connectivity index (χ0n) is 16.7. The largest absolute Gasteiger partial charge is 0.490 e. The van der Waals surface area contributed by atoms with E-state index in [9.17, 15) is 21.6 Å². The molecule has 1 aromatic rings. The molecule has 3 aliphatic heterocycles. The van der Waals surface area contributed by atoms with E-state index in [-0.39, 0.29) is 47.7 Å². The highest BCUT2D eigenvalue weighted by molar-refractivity contribution is 7.91. The molecule has 1 atom stereocenters. The van der Waals surface area contributed by atoms with Gasteiger partial charge in [-0.05, 0) is 24.5 Å². The summed E-state index contributed by atoms with van der Waals surface area (Å²) in [5.41, 5.74) is 0. The van der Waals surface area contributed by atoms with Crippen LogP contribution in [0.5, 0.6) is 11.5 Å². The van der Waals surface area contributed by atoms with Gasteiger partial charge in [0.1, 0.15) is 0 Å². The van der Waals surface area contributed by atoms with Gasteiger partial charge in [-0.25, -0.2) is 16.8 Å². The van der Waals surface area contributed by atoms with Crippen LogP contribution in [0.1, 0.15) is 19.3 Å². The van der Waals surface area contributed by atoms with Crippen molar-refractivity contribution in [2.75, 3.05) is 50.9 Å². The van der Waals surface area contributed by atoms with E-state index in [1.165, 1.54) is 16.4 Å². The summed E-state index contributed by atoms with van der Waals surface area (Å²) >= 11 is 0. The monoisotopic (exact) mass is 458 g/mol. The number of sulfonamides is 1. The van der Waals surface area contributed by atoms with Gasteiger partial charge < -0.3 is 14.4 Å². The van der Waals surface area contributed by atoms with Crippen molar-refractivity contribution in [1.82, 2.24) is 9.21 Å². The van der Waals surface area contributed by atoms with Crippen molar-refractivity contribution in [2.24, 2.45) is 5.92 Å². The molecule has 9 nitrogen and oxygen atoms in total. The third kappa shape index (κ3) is 4.57. The van der Waals surface area contributed by atoms with E-state index in [2.05, 4.69) is 0 Å². The lowest BCUT2D eigenvalue weighted by Crippen LogP contribution is -2.50. The van der Waals surface area contributed by atoms with Crippen LogP contribution in [-0.4, -0.2) is 82.8 Å². The van der Waals surface area contributed by atoms with Crippen molar-refractivity contribution < 1.29 is 31.1 Å². The summed E-state index contributed by atoms with van der Waals surface area (Å²) in [5, 5.41) is 0. The van der Waals surface area contributed by atoms with Crippen molar-refractivity contribution in [3.05, 3.63) is 18.2 Å². The van der Waals surface area contributed by atoms with Crippen LogP contribution < -0.4 is 9.47 Å². The standard InChI is InChI=1S/C19H26N2O7S2/c22-19(12-15-4-11-29(23,24)14-15)20-5-7-21(8-6-20)30(25,26)16-2-3-17-18(13-16)28-10-1-9-27-17/h2-3,13,15H,1,4-12,14H2/t15-/m1/s1. The fourth-order valence-corrected chi connectivity index (χ4v) is 7.34. The highest BCUT2D eigenvalue weighted by Gasteiger charge is 2.34. The maximum absolute atomic E-state index is 13.0. The Morgan fingerprint density at radius 1 is 1.07 bits per heavy atom. The Hall–Kier alpha value is -1.85. The van der Waals surface area contributed by atoms with Gasteiger partial charge in [0.2, 0.25) is 15.9 Å². The maximum atomic E-state index is 13.0. The molecule has 0 spiro atoms. The average Bonchev–Trinajstić information content (AvgIpc) is 2.91. The van der Waals surface area contributed by atoms with Crippen molar-refractivity contribution in [3.8, 4) is 11.5 Å². The molecule has 4 rings (SSSR count). The van der Waals surface area contributed by atoms with E-state index in [4.69, 9.17) is 9.47 Å². The number of benzene rings is 1. The molecule has 0 unspecified atom stereocenters. The molecular formula is C19H26N2O7S2. The number of carbonyl (C=O) groups is 1. The van der Waals surface area contributed by atoms with Gasteiger partial charge in [-0.2, -0.15) is 4.31 Å². The van der Waals surface area contributed by atoms with Gasteiger partial charge in [-0.1, -0.05) is 0 Å². The van der Waals surface area contributed by atoms with Crippen molar-refractivity contribution in [3.63, 3.8) is 0 Å². The van der Waals surface area contributed by atoms with Crippen LogP contribution in [0, 0.1) is 5.92 Å². The lowest BCUT2D eigenvalue weighted by Gasteiger charge is -2.34. The first-order chi connectivity index (χ1) is 14.2. The highest BCUT2D eigenvalue weighted by atomic mass is 32.2. The molecule has 2 saturated heterocycles.